The monoisotopic (exact) mass is 260 g/mol. The first-order valence-corrected chi connectivity index (χ1v) is 7.30. The van der Waals surface area contributed by atoms with Gasteiger partial charge in [0.05, 0.1) is 11.7 Å². The molecule has 0 saturated carbocycles. The van der Waals surface area contributed by atoms with Gasteiger partial charge in [0.15, 0.2) is 0 Å². The van der Waals surface area contributed by atoms with Crippen molar-refractivity contribution >= 4 is 11.3 Å². The predicted octanol–water partition coefficient (Wildman–Crippen LogP) is 3.85. The second kappa shape index (κ2) is 6.12. The van der Waals surface area contributed by atoms with Gasteiger partial charge in [0, 0.05) is 11.1 Å². The molecule has 1 atom stereocenters. The molecule has 2 heterocycles. The number of nitrogens with one attached hydrogen (secondary N) is 1. The summed E-state index contributed by atoms with van der Waals surface area (Å²) in [5.41, 5.74) is 3.63. The largest absolute Gasteiger partial charge is 0.304 e. The molecule has 0 amide bonds. The number of nitrogens with zero attached hydrogens (tertiary/aromatic N) is 1. The minimum atomic E-state index is 0.227. The summed E-state index contributed by atoms with van der Waals surface area (Å²) in [6, 6.07) is 6.71. The van der Waals surface area contributed by atoms with Gasteiger partial charge in [-0.3, -0.25) is 4.98 Å². The van der Waals surface area contributed by atoms with Crippen molar-refractivity contribution in [2.45, 2.75) is 33.2 Å². The topological polar surface area (TPSA) is 24.9 Å². The summed E-state index contributed by atoms with van der Waals surface area (Å²) in [5.74, 6) is 0. The van der Waals surface area contributed by atoms with Crippen molar-refractivity contribution in [3.63, 3.8) is 0 Å². The fraction of sp³-hybridized carbons (Fsp3) is 0.400. The average Bonchev–Trinajstić information content (AvgIpc) is 2.85. The van der Waals surface area contributed by atoms with Gasteiger partial charge in [-0.1, -0.05) is 19.1 Å². The molecule has 0 radical (unpaired) electrons. The van der Waals surface area contributed by atoms with Crippen molar-refractivity contribution in [2.75, 3.05) is 6.54 Å². The number of thiophene rings is 1. The Kier molecular flexibility index (Phi) is 4.50. The zero-order chi connectivity index (χ0) is 13.0. The third-order valence-electron chi connectivity index (χ3n) is 2.96. The minimum Gasteiger partial charge on any atom is -0.304 e. The molecule has 0 aromatic carbocycles. The van der Waals surface area contributed by atoms with E-state index in [9.17, 15) is 0 Å². The number of pyridine rings is 1. The molecule has 0 bridgehead atoms. The zero-order valence-corrected chi connectivity index (χ0v) is 12.1. The number of aromatic nitrogens is 1. The Balaban J connectivity index is 2.33. The zero-order valence-electron chi connectivity index (χ0n) is 11.2. The summed E-state index contributed by atoms with van der Waals surface area (Å²) in [6.45, 7) is 7.43. The van der Waals surface area contributed by atoms with Crippen molar-refractivity contribution in [2.24, 2.45) is 0 Å². The van der Waals surface area contributed by atoms with Crippen LogP contribution in [0.2, 0.25) is 0 Å². The van der Waals surface area contributed by atoms with Crippen LogP contribution in [0, 0.1) is 13.8 Å². The highest BCUT2D eigenvalue weighted by Crippen LogP contribution is 2.27. The van der Waals surface area contributed by atoms with Crippen LogP contribution in [0.15, 0.2) is 29.8 Å². The first-order valence-electron chi connectivity index (χ1n) is 6.42. The van der Waals surface area contributed by atoms with Crippen molar-refractivity contribution in [3.05, 3.63) is 51.5 Å². The van der Waals surface area contributed by atoms with Crippen LogP contribution in [0.3, 0.4) is 0 Å². The quantitative estimate of drug-likeness (QED) is 0.883. The van der Waals surface area contributed by atoms with Crippen LogP contribution in [-0.4, -0.2) is 11.5 Å². The van der Waals surface area contributed by atoms with Gasteiger partial charge in [0.25, 0.3) is 0 Å². The number of rotatable bonds is 5. The van der Waals surface area contributed by atoms with Gasteiger partial charge in [-0.15, -0.1) is 11.3 Å². The van der Waals surface area contributed by atoms with Crippen LogP contribution in [-0.2, 0) is 0 Å². The third-order valence-corrected chi connectivity index (χ3v) is 3.89. The van der Waals surface area contributed by atoms with Gasteiger partial charge in [0.2, 0.25) is 0 Å². The Hall–Kier alpha value is -1.19. The van der Waals surface area contributed by atoms with E-state index in [1.54, 1.807) is 11.3 Å². The second-order valence-corrected chi connectivity index (χ2v) is 5.60. The summed E-state index contributed by atoms with van der Waals surface area (Å²) >= 11 is 1.79. The van der Waals surface area contributed by atoms with Crippen LogP contribution in [0.1, 0.15) is 41.1 Å². The Bertz CT molecular complexity index is 491. The van der Waals surface area contributed by atoms with Crippen LogP contribution < -0.4 is 5.32 Å². The van der Waals surface area contributed by atoms with Gasteiger partial charge in [-0.05, 0) is 49.4 Å². The smallest absolute Gasteiger partial charge is 0.0847 e. The fourth-order valence-corrected chi connectivity index (χ4v) is 2.91. The predicted molar refractivity (Wildman–Crippen MR) is 78.2 cm³/mol. The molecule has 0 aliphatic carbocycles. The Morgan fingerprint density at radius 2 is 2.22 bits per heavy atom. The molecule has 0 aliphatic heterocycles. The van der Waals surface area contributed by atoms with Gasteiger partial charge < -0.3 is 5.32 Å². The molecule has 0 fully saturated rings. The summed E-state index contributed by atoms with van der Waals surface area (Å²) in [5, 5.41) is 5.72. The fourth-order valence-electron chi connectivity index (χ4n) is 2.10. The standard InChI is InChI=1S/C15H20N2S/c1-4-7-16-15(13-6-5-8-18-13)14-12(3)9-11(2)10-17-14/h5-6,8-10,15-16H,4,7H2,1-3H3. The normalized spacial score (nSPS) is 12.6. The lowest BCUT2D eigenvalue weighted by Gasteiger charge is -2.19. The van der Waals surface area contributed by atoms with Crippen LogP contribution in [0.25, 0.3) is 0 Å². The molecule has 3 heteroatoms. The first kappa shape index (κ1) is 13.2. The number of aryl methyl sites for hydroxylation is 2. The van der Waals surface area contributed by atoms with E-state index in [0.29, 0.717) is 0 Å². The van der Waals surface area contributed by atoms with E-state index < -0.39 is 0 Å². The van der Waals surface area contributed by atoms with Gasteiger partial charge in [-0.25, -0.2) is 0 Å². The lowest BCUT2D eigenvalue weighted by Crippen LogP contribution is -2.24. The van der Waals surface area contributed by atoms with E-state index in [-0.39, 0.29) is 6.04 Å². The SMILES string of the molecule is CCCNC(c1cccs1)c1ncc(C)cc1C. The molecule has 2 aromatic heterocycles. The molecule has 2 nitrogen and oxygen atoms in total. The summed E-state index contributed by atoms with van der Waals surface area (Å²) in [7, 11) is 0. The van der Waals surface area contributed by atoms with E-state index in [0.717, 1.165) is 18.7 Å². The molecule has 2 rings (SSSR count). The van der Waals surface area contributed by atoms with E-state index in [2.05, 4.69) is 54.7 Å². The molecular weight excluding hydrogens is 240 g/mol. The maximum atomic E-state index is 4.63. The molecular formula is C15H20N2S. The molecule has 96 valence electrons. The highest BCUT2D eigenvalue weighted by molar-refractivity contribution is 7.10. The highest BCUT2D eigenvalue weighted by Gasteiger charge is 2.17. The van der Waals surface area contributed by atoms with E-state index in [1.165, 1.54) is 16.0 Å². The average molecular weight is 260 g/mol. The van der Waals surface area contributed by atoms with Crippen molar-refractivity contribution < 1.29 is 0 Å². The van der Waals surface area contributed by atoms with Crippen molar-refractivity contribution in [1.29, 1.82) is 0 Å². The van der Waals surface area contributed by atoms with Gasteiger partial charge in [0.1, 0.15) is 0 Å². The Morgan fingerprint density at radius 3 is 2.83 bits per heavy atom. The maximum absolute atomic E-state index is 4.63. The van der Waals surface area contributed by atoms with Gasteiger partial charge >= 0.3 is 0 Å². The summed E-state index contributed by atoms with van der Waals surface area (Å²) < 4.78 is 0. The highest BCUT2D eigenvalue weighted by atomic mass is 32.1. The summed E-state index contributed by atoms with van der Waals surface area (Å²) in [6.07, 6.45) is 3.09. The van der Waals surface area contributed by atoms with Crippen molar-refractivity contribution in [3.8, 4) is 0 Å². The first-order chi connectivity index (χ1) is 8.72. The minimum absolute atomic E-state index is 0.227. The molecule has 1 N–H and O–H groups in total. The molecule has 2 aromatic rings. The van der Waals surface area contributed by atoms with E-state index >= 15 is 0 Å². The van der Waals surface area contributed by atoms with Crippen LogP contribution in [0.4, 0.5) is 0 Å². The van der Waals surface area contributed by atoms with Crippen molar-refractivity contribution in [1.82, 2.24) is 10.3 Å². The lowest BCUT2D eigenvalue weighted by molar-refractivity contribution is 0.590. The number of hydrogen-bond donors (Lipinski definition) is 1. The Morgan fingerprint density at radius 1 is 1.39 bits per heavy atom. The van der Waals surface area contributed by atoms with Crippen LogP contribution >= 0.6 is 11.3 Å². The second-order valence-electron chi connectivity index (χ2n) is 4.62. The summed E-state index contributed by atoms with van der Waals surface area (Å²) in [4.78, 5) is 5.97. The molecule has 18 heavy (non-hydrogen) atoms. The molecule has 0 saturated heterocycles. The molecule has 0 aliphatic rings. The van der Waals surface area contributed by atoms with Gasteiger partial charge in [-0.2, -0.15) is 0 Å². The molecule has 0 spiro atoms. The Labute approximate surface area is 113 Å². The maximum Gasteiger partial charge on any atom is 0.0847 e. The van der Waals surface area contributed by atoms with E-state index in [4.69, 9.17) is 0 Å². The lowest BCUT2D eigenvalue weighted by atomic mass is 10.0. The molecule has 1 unspecified atom stereocenters. The van der Waals surface area contributed by atoms with Crippen LogP contribution in [0.5, 0.6) is 0 Å². The third kappa shape index (κ3) is 2.98. The van der Waals surface area contributed by atoms with E-state index in [1.807, 2.05) is 6.20 Å². The number of hydrogen-bond acceptors (Lipinski definition) is 3.